The van der Waals surface area contributed by atoms with Gasteiger partial charge in [0.15, 0.2) is 0 Å². The van der Waals surface area contributed by atoms with Gasteiger partial charge in [0.2, 0.25) is 0 Å². The van der Waals surface area contributed by atoms with E-state index in [4.69, 9.17) is 23.2 Å². The Bertz CT molecular complexity index is 569. The topological polar surface area (TPSA) is 12.0 Å². The lowest BCUT2D eigenvalue weighted by Gasteiger charge is -2.16. The van der Waals surface area contributed by atoms with E-state index in [1.807, 2.05) is 12.1 Å². The Morgan fingerprint density at radius 2 is 1.80 bits per heavy atom. The summed E-state index contributed by atoms with van der Waals surface area (Å²) < 4.78 is 12.8. The predicted molar refractivity (Wildman–Crippen MR) is 83.0 cm³/mol. The zero-order chi connectivity index (χ0) is 14.5. The Hall–Kier alpha value is -1.09. The molecule has 1 unspecified atom stereocenters. The molecule has 106 valence electrons. The molecular formula is C16H16Cl2FN. The van der Waals surface area contributed by atoms with E-state index in [9.17, 15) is 4.39 Å². The molecule has 0 saturated carbocycles. The molecule has 0 heterocycles. The van der Waals surface area contributed by atoms with Gasteiger partial charge in [-0.3, -0.25) is 0 Å². The van der Waals surface area contributed by atoms with E-state index in [0.29, 0.717) is 10.0 Å². The second kappa shape index (κ2) is 7.07. The van der Waals surface area contributed by atoms with Gasteiger partial charge >= 0.3 is 0 Å². The van der Waals surface area contributed by atoms with Crippen LogP contribution in [0.2, 0.25) is 10.0 Å². The Kier molecular flexibility index (Phi) is 5.41. The third-order valence-corrected chi connectivity index (χ3v) is 3.77. The van der Waals surface area contributed by atoms with E-state index < -0.39 is 0 Å². The zero-order valence-corrected chi connectivity index (χ0v) is 12.7. The Morgan fingerprint density at radius 3 is 2.45 bits per heavy atom. The second-order valence-electron chi connectivity index (χ2n) is 4.72. The van der Waals surface area contributed by atoms with Crippen LogP contribution >= 0.6 is 23.2 Å². The summed E-state index contributed by atoms with van der Waals surface area (Å²) >= 11 is 12.1. The molecule has 0 spiro atoms. The van der Waals surface area contributed by atoms with Crippen molar-refractivity contribution in [3.8, 4) is 0 Å². The van der Waals surface area contributed by atoms with Crippen molar-refractivity contribution >= 4 is 23.2 Å². The molecule has 1 nitrogen and oxygen atoms in total. The monoisotopic (exact) mass is 311 g/mol. The van der Waals surface area contributed by atoms with E-state index in [1.54, 1.807) is 18.2 Å². The summed E-state index contributed by atoms with van der Waals surface area (Å²) in [4.78, 5) is 0. The molecule has 0 aliphatic rings. The van der Waals surface area contributed by atoms with Gasteiger partial charge in [0, 0.05) is 16.1 Å². The van der Waals surface area contributed by atoms with E-state index in [0.717, 1.165) is 24.1 Å². The Balaban J connectivity index is 1.88. The van der Waals surface area contributed by atoms with Crippen molar-refractivity contribution in [3.05, 3.63) is 69.5 Å². The van der Waals surface area contributed by atoms with Gasteiger partial charge < -0.3 is 5.32 Å². The fourth-order valence-electron chi connectivity index (χ4n) is 2.05. The van der Waals surface area contributed by atoms with E-state index in [-0.39, 0.29) is 11.9 Å². The standard InChI is InChI=1S/C16H16Cl2FN/c1-11(15-7-4-13(17)10-16(15)18)20-9-8-12-2-5-14(19)6-3-12/h2-7,10-11,20H,8-9H2,1H3. The molecule has 0 radical (unpaired) electrons. The van der Waals surface area contributed by atoms with Crippen LogP contribution in [0.1, 0.15) is 24.1 Å². The maximum absolute atomic E-state index is 12.8. The van der Waals surface area contributed by atoms with Crippen LogP contribution in [-0.4, -0.2) is 6.54 Å². The van der Waals surface area contributed by atoms with Crippen LogP contribution in [0, 0.1) is 5.82 Å². The molecule has 2 aromatic carbocycles. The number of benzene rings is 2. The summed E-state index contributed by atoms with van der Waals surface area (Å²) in [6, 6.07) is 12.2. The van der Waals surface area contributed by atoms with E-state index >= 15 is 0 Å². The second-order valence-corrected chi connectivity index (χ2v) is 5.56. The minimum Gasteiger partial charge on any atom is -0.310 e. The fourth-order valence-corrected chi connectivity index (χ4v) is 2.62. The average Bonchev–Trinajstić information content (AvgIpc) is 2.41. The summed E-state index contributed by atoms with van der Waals surface area (Å²) in [6.07, 6.45) is 0.843. The van der Waals surface area contributed by atoms with Crippen molar-refractivity contribution in [2.75, 3.05) is 6.54 Å². The van der Waals surface area contributed by atoms with Crippen molar-refractivity contribution in [3.63, 3.8) is 0 Å². The van der Waals surface area contributed by atoms with Gasteiger partial charge in [0.1, 0.15) is 5.82 Å². The quantitative estimate of drug-likeness (QED) is 0.817. The van der Waals surface area contributed by atoms with Gasteiger partial charge in [0.25, 0.3) is 0 Å². The molecule has 0 aliphatic carbocycles. The average molecular weight is 312 g/mol. The normalized spacial score (nSPS) is 12.4. The minimum atomic E-state index is -0.206. The van der Waals surface area contributed by atoms with Gasteiger partial charge in [-0.05, 0) is 55.3 Å². The molecule has 20 heavy (non-hydrogen) atoms. The molecular weight excluding hydrogens is 296 g/mol. The number of hydrogen-bond donors (Lipinski definition) is 1. The number of rotatable bonds is 5. The van der Waals surface area contributed by atoms with Gasteiger partial charge in [-0.2, -0.15) is 0 Å². The molecule has 0 fully saturated rings. The first kappa shape index (κ1) is 15.3. The predicted octanol–water partition coefficient (Wildman–Crippen LogP) is 5.03. The van der Waals surface area contributed by atoms with Gasteiger partial charge in [-0.25, -0.2) is 4.39 Å². The maximum atomic E-state index is 12.8. The van der Waals surface area contributed by atoms with Crippen LogP contribution in [0.5, 0.6) is 0 Å². The number of halogens is 3. The van der Waals surface area contributed by atoms with Crippen LogP contribution in [0.15, 0.2) is 42.5 Å². The first-order chi connectivity index (χ1) is 9.56. The van der Waals surface area contributed by atoms with Gasteiger partial charge in [0.05, 0.1) is 0 Å². The van der Waals surface area contributed by atoms with Crippen LogP contribution in [0.25, 0.3) is 0 Å². The minimum absolute atomic E-state index is 0.139. The number of hydrogen-bond acceptors (Lipinski definition) is 1. The largest absolute Gasteiger partial charge is 0.310 e. The van der Waals surface area contributed by atoms with Crippen molar-refractivity contribution < 1.29 is 4.39 Å². The molecule has 2 rings (SSSR count). The Labute approximate surface area is 128 Å². The molecule has 1 N–H and O–H groups in total. The lowest BCUT2D eigenvalue weighted by Crippen LogP contribution is -2.21. The summed E-state index contributed by atoms with van der Waals surface area (Å²) in [7, 11) is 0. The summed E-state index contributed by atoms with van der Waals surface area (Å²) in [5, 5.41) is 4.70. The molecule has 1 atom stereocenters. The highest BCUT2D eigenvalue weighted by molar-refractivity contribution is 6.35. The lowest BCUT2D eigenvalue weighted by atomic mass is 10.1. The number of nitrogens with one attached hydrogen (secondary N) is 1. The lowest BCUT2D eigenvalue weighted by molar-refractivity contribution is 0.576. The first-order valence-corrected chi connectivity index (χ1v) is 7.24. The third kappa shape index (κ3) is 4.20. The third-order valence-electron chi connectivity index (χ3n) is 3.21. The molecule has 0 bridgehead atoms. The van der Waals surface area contributed by atoms with Crippen LogP contribution < -0.4 is 5.32 Å². The van der Waals surface area contributed by atoms with Gasteiger partial charge in [-0.15, -0.1) is 0 Å². The smallest absolute Gasteiger partial charge is 0.123 e. The van der Waals surface area contributed by atoms with Crippen LogP contribution in [0.3, 0.4) is 0 Å². The highest BCUT2D eigenvalue weighted by atomic mass is 35.5. The highest BCUT2D eigenvalue weighted by Gasteiger charge is 2.09. The Morgan fingerprint density at radius 1 is 1.10 bits per heavy atom. The van der Waals surface area contributed by atoms with Crippen LogP contribution in [-0.2, 0) is 6.42 Å². The van der Waals surface area contributed by atoms with E-state index in [1.165, 1.54) is 12.1 Å². The van der Waals surface area contributed by atoms with Crippen molar-refractivity contribution in [2.24, 2.45) is 0 Å². The zero-order valence-electron chi connectivity index (χ0n) is 11.2. The van der Waals surface area contributed by atoms with Crippen molar-refractivity contribution in [1.82, 2.24) is 5.32 Å². The van der Waals surface area contributed by atoms with Crippen molar-refractivity contribution in [1.29, 1.82) is 0 Å². The molecule has 0 saturated heterocycles. The van der Waals surface area contributed by atoms with Crippen molar-refractivity contribution in [2.45, 2.75) is 19.4 Å². The summed E-state index contributed by atoms with van der Waals surface area (Å²) in [6.45, 7) is 2.85. The van der Waals surface area contributed by atoms with Crippen LogP contribution in [0.4, 0.5) is 4.39 Å². The SMILES string of the molecule is CC(NCCc1ccc(F)cc1)c1ccc(Cl)cc1Cl. The first-order valence-electron chi connectivity index (χ1n) is 6.49. The molecule has 0 aromatic heterocycles. The summed E-state index contributed by atoms with van der Waals surface area (Å²) in [5.74, 6) is -0.206. The fraction of sp³-hybridized carbons (Fsp3) is 0.250. The van der Waals surface area contributed by atoms with E-state index in [2.05, 4.69) is 12.2 Å². The molecule has 2 aromatic rings. The maximum Gasteiger partial charge on any atom is 0.123 e. The highest BCUT2D eigenvalue weighted by Crippen LogP contribution is 2.25. The molecule has 0 aliphatic heterocycles. The molecule has 4 heteroatoms. The summed E-state index contributed by atoms with van der Waals surface area (Å²) in [5.41, 5.74) is 2.13. The molecule has 0 amide bonds. The van der Waals surface area contributed by atoms with Gasteiger partial charge in [-0.1, -0.05) is 41.4 Å².